The van der Waals surface area contributed by atoms with Crippen LogP contribution in [0.15, 0.2) is 24.8 Å². The number of ether oxygens (including phenoxy) is 1. The smallest absolute Gasteiger partial charge is 0.407 e. The quantitative estimate of drug-likeness (QED) is 0.177. The zero-order chi connectivity index (χ0) is 39.2. The van der Waals surface area contributed by atoms with Crippen molar-refractivity contribution in [1.29, 1.82) is 0 Å². The summed E-state index contributed by atoms with van der Waals surface area (Å²) in [6, 6.07) is 0. The molecule has 2 saturated heterocycles. The number of alkyl carbamates (subject to hydrolysis) is 1. The van der Waals surface area contributed by atoms with E-state index in [9.17, 15) is 28.8 Å². The van der Waals surface area contributed by atoms with Crippen molar-refractivity contribution in [1.82, 2.24) is 39.2 Å². The molecule has 2 fully saturated rings. The minimum Gasteiger partial charge on any atom is -0.453 e. The number of carbonyl (C=O) groups excluding carboxylic acids is 6. The molecule has 4 N–H and O–H groups in total. The maximum absolute atomic E-state index is 11.3. The van der Waals surface area contributed by atoms with Gasteiger partial charge in [-0.3, -0.25) is 32.8 Å². The van der Waals surface area contributed by atoms with Gasteiger partial charge < -0.3 is 35.8 Å². The Morgan fingerprint density at radius 1 is 0.698 bits per heavy atom. The molecule has 0 unspecified atom stereocenters. The van der Waals surface area contributed by atoms with E-state index in [2.05, 4.69) is 63.7 Å². The monoisotopic (exact) mass is 776 g/mol. The molecule has 4 aromatic rings. The molecule has 6 amide bonds. The van der Waals surface area contributed by atoms with Crippen LogP contribution in [0.3, 0.4) is 0 Å². The van der Waals surface area contributed by atoms with E-state index >= 15 is 0 Å². The highest BCUT2D eigenvalue weighted by Crippen LogP contribution is 2.34. The SMILES string of the molecule is CC(=O)NCC(=O)N1CCCC1.CCC.CCC.COC(=O)NCC(=O)N1CCCC1.O=CNc1cn2cc(-c3cn4cc(NC=O)nc4s3)sc2n1. The second-order valence-electron chi connectivity index (χ2n) is 11.7. The highest BCUT2D eigenvalue weighted by atomic mass is 32.1. The molecule has 19 heteroatoms. The Bertz CT molecular complexity index is 1590. The Labute approximate surface area is 317 Å². The molecule has 17 nitrogen and oxygen atoms in total. The molecule has 0 bridgehead atoms. The minimum absolute atomic E-state index is 0.0303. The third-order valence-corrected chi connectivity index (χ3v) is 9.13. The number of nitrogens with zero attached hydrogens (tertiary/aromatic N) is 6. The molecule has 2 aliphatic heterocycles. The maximum Gasteiger partial charge on any atom is 0.407 e. The Balaban J connectivity index is 0.000000271. The van der Waals surface area contributed by atoms with Gasteiger partial charge in [-0.25, -0.2) is 14.8 Å². The number of methoxy groups -OCH3 is 1. The predicted molar refractivity (Wildman–Crippen MR) is 207 cm³/mol. The lowest BCUT2D eigenvalue weighted by Crippen LogP contribution is -2.38. The number of imidazole rings is 2. The second-order valence-corrected chi connectivity index (χ2v) is 13.7. The van der Waals surface area contributed by atoms with Gasteiger partial charge >= 0.3 is 6.09 Å². The summed E-state index contributed by atoms with van der Waals surface area (Å²) in [5, 5.41) is 9.90. The average molecular weight is 777 g/mol. The fraction of sp³-hybridized carbons (Fsp3) is 0.529. The first-order chi connectivity index (χ1) is 25.5. The van der Waals surface area contributed by atoms with Crippen LogP contribution in [0, 0.1) is 0 Å². The van der Waals surface area contributed by atoms with Crippen LogP contribution in [0.25, 0.3) is 19.7 Å². The van der Waals surface area contributed by atoms with Crippen molar-refractivity contribution >= 4 is 80.9 Å². The topological polar surface area (TPSA) is 201 Å². The zero-order valence-electron chi connectivity index (χ0n) is 31.3. The first-order valence-electron chi connectivity index (χ1n) is 17.5. The number of amides is 6. The molecular formula is C34H52N10O7S2. The number of rotatable bonds is 9. The van der Waals surface area contributed by atoms with Gasteiger partial charge in [-0.15, -0.1) is 0 Å². The third kappa shape index (κ3) is 15.2. The van der Waals surface area contributed by atoms with Crippen LogP contribution in [0.2, 0.25) is 0 Å². The third-order valence-electron chi connectivity index (χ3n) is 6.94. The summed E-state index contributed by atoms with van der Waals surface area (Å²) in [6.45, 7) is 13.4. The summed E-state index contributed by atoms with van der Waals surface area (Å²) < 4.78 is 8.08. The molecular weight excluding hydrogens is 725 g/mol. The fourth-order valence-electron chi connectivity index (χ4n) is 4.66. The number of hydrogen-bond donors (Lipinski definition) is 4. The molecule has 0 radical (unpaired) electrons. The van der Waals surface area contributed by atoms with E-state index in [1.807, 2.05) is 21.2 Å². The molecule has 0 spiro atoms. The zero-order valence-corrected chi connectivity index (χ0v) is 32.9. The van der Waals surface area contributed by atoms with Gasteiger partial charge in [0.25, 0.3) is 0 Å². The summed E-state index contributed by atoms with van der Waals surface area (Å²) >= 11 is 3.05. The fourth-order valence-corrected chi connectivity index (χ4v) is 6.65. The van der Waals surface area contributed by atoms with Gasteiger partial charge in [0.05, 0.1) is 35.8 Å². The van der Waals surface area contributed by atoms with Crippen molar-refractivity contribution in [3.8, 4) is 9.75 Å². The summed E-state index contributed by atoms with van der Waals surface area (Å²) in [7, 11) is 1.27. The van der Waals surface area contributed by atoms with Gasteiger partial charge in [-0.1, -0.05) is 63.2 Å². The molecule has 6 rings (SSSR count). The first kappa shape index (κ1) is 44.1. The maximum atomic E-state index is 11.3. The minimum atomic E-state index is -0.562. The van der Waals surface area contributed by atoms with Gasteiger partial charge in [0.1, 0.15) is 6.54 Å². The highest BCUT2D eigenvalue weighted by molar-refractivity contribution is 7.26. The van der Waals surface area contributed by atoms with Crippen LogP contribution in [-0.4, -0.2) is 112 Å². The van der Waals surface area contributed by atoms with Crippen molar-refractivity contribution in [3.63, 3.8) is 0 Å². The van der Waals surface area contributed by atoms with Gasteiger partial charge in [0, 0.05) is 45.5 Å². The highest BCUT2D eigenvalue weighted by Gasteiger charge is 2.19. The van der Waals surface area contributed by atoms with Gasteiger partial charge in [0.2, 0.25) is 30.5 Å². The van der Waals surface area contributed by atoms with E-state index in [1.54, 1.807) is 22.2 Å². The van der Waals surface area contributed by atoms with E-state index < -0.39 is 6.09 Å². The lowest BCUT2D eigenvalue weighted by molar-refractivity contribution is -0.131. The molecule has 292 valence electrons. The molecule has 53 heavy (non-hydrogen) atoms. The van der Waals surface area contributed by atoms with Crippen LogP contribution in [0.4, 0.5) is 16.4 Å². The number of nitrogens with one attached hydrogen (secondary N) is 4. The van der Waals surface area contributed by atoms with Crippen LogP contribution in [0.5, 0.6) is 0 Å². The van der Waals surface area contributed by atoms with Crippen molar-refractivity contribution < 1.29 is 33.5 Å². The van der Waals surface area contributed by atoms with Crippen molar-refractivity contribution in [2.45, 2.75) is 73.1 Å². The normalized spacial score (nSPS) is 12.8. The van der Waals surface area contributed by atoms with E-state index in [0.717, 1.165) is 71.5 Å². The molecule has 0 atom stereocenters. The Kier molecular flexibility index (Phi) is 20.2. The van der Waals surface area contributed by atoms with Gasteiger partial charge in [-0.2, -0.15) is 0 Å². The molecule has 0 aliphatic carbocycles. The van der Waals surface area contributed by atoms with Crippen molar-refractivity contribution in [2.75, 3.05) is 57.0 Å². The number of thiazole rings is 2. The Morgan fingerprint density at radius 2 is 1.08 bits per heavy atom. The van der Waals surface area contributed by atoms with E-state index in [4.69, 9.17) is 0 Å². The number of likely N-dealkylation sites (tertiary alicyclic amines) is 2. The standard InChI is InChI=1S/C12H8N6O2S2.C8H14N2O3.C8H14N2O2.2C3H8/c19-5-13-9-3-17-1-7(21-11(17)15-9)8-2-18-4-10(14-6-20)16-12(18)22-8;1-13-8(12)9-6-7(11)10-4-2-3-5-10;1-7(11)9-6-8(12)10-4-2-3-5-10;2*1-3-2/h1-6H,(H,13,19)(H,14,20);2-6H2,1H3,(H,9,12);2-6H2,1H3,(H,9,11);2*3H2,1-2H3. The summed E-state index contributed by atoms with van der Waals surface area (Å²) in [4.78, 5) is 80.4. The van der Waals surface area contributed by atoms with Crippen LogP contribution in [0.1, 0.15) is 73.1 Å². The van der Waals surface area contributed by atoms with Gasteiger partial charge in [-0.05, 0) is 25.7 Å². The first-order valence-corrected chi connectivity index (χ1v) is 19.2. The summed E-state index contributed by atoms with van der Waals surface area (Å²) in [6.07, 6.45) is 14.9. The van der Waals surface area contributed by atoms with Crippen LogP contribution < -0.4 is 21.3 Å². The van der Waals surface area contributed by atoms with E-state index in [1.165, 1.54) is 49.5 Å². The molecule has 0 saturated carbocycles. The number of aromatic nitrogens is 4. The summed E-state index contributed by atoms with van der Waals surface area (Å²) in [5.74, 6) is 0.893. The lowest BCUT2D eigenvalue weighted by Gasteiger charge is -2.14. The largest absolute Gasteiger partial charge is 0.453 e. The van der Waals surface area contributed by atoms with Gasteiger partial charge in [0.15, 0.2) is 21.6 Å². The number of anilines is 2. The molecule has 2 aliphatic rings. The van der Waals surface area contributed by atoms with Crippen molar-refractivity contribution in [2.24, 2.45) is 0 Å². The van der Waals surface area contributed by atoms with E-state index in [-0.39, 0.29) is 30.8 Å². The second kappa shape index (κ2) is 24.2. The summed E-state index contributed by atoms with van der Waals surface area (Å²) in [5.41, 5.74) is 0. The molecule has 6 heterocycles. The molecule has 4 aromatic heterocycles. The number of carbonyl (C=O) groups is 6. The number of hydrogen-bond acceptors (Lipinski definition) is 11. The lowest BCUT2D eigenvalue weighted by atomic mass is 10.4. The number of fused-ring (bicyclic) bond motifs is 2. The Morgan fingerprint density at radius 3 is 1.40 bits per heavy atom. The Hall–Kier alpha value is -5.04. The predicted octanol–water partition coefficient (Wildman–Crippen LogP) is 4.45. The van der Waals surface area contributed by atoms with Crippen LogP contribution >= 0.6 is 22.7 Å². The molecule has 0 aromatic carbocycles. The van der Waals surface area contributed by atoms with Crippen molar-refractivity contribution in [3.05, 3.63) is 24.8 Å². The average Bonchev–Trinajstić information content (AvgIpc) is 3.97. The van der Waals surface area contributed by atoms with E-state index in [0.29, 0.717) is 24.5 Å². The van der Waals surface area contributed by atoms with Crippen LogP contribution in [-0.2, 0) is 28.7 Å².